The maximum Gasteiger partial charge on any atom is 0.647 e. The van der Waals surface area contributed by atoms with Crippen LogP contribution in [-0.2, 0) is 4.57 Å². The predicted molar refractivity (Wildman–Crippen MR) is 334 cm³/mol. The van der Waals surface area contributed by atoms with E-state index in [9.17, 15) is 0 Å². The molecule has 10 nitrogen and oxygen atoms in total. The average molecular weight is 1160 g/mol. The number of rotatable bonds is 15. The van der Waals surface area contributed by atoms with Crippen molar-refractivity contribution in [2.24, 2.45) is 0 Å². The summed E-state index contributed by atoms with van der Waals surface area (Å²) in [6.45, 7) is 0. The number of phosphoric acid groups is 1. The van der Waals surface area contributed by atoms with Gasteiger partial charge in [-0.3, -0.25) is 14.0 Å². The highest BCUT2D eigenvalue weighted by atomic mass is 31.2. The molecule has 3 heterocycles. The minimum absolute atomic E-state index is 0.183. The Morgan fingerprint density at radius 3 is 0.779 bits per heavy atom. The molecule has 12 aromatic rings. The molecule has 0 atom stereocenters. The van der Waals surface area contributed by atoms with Crippen molar-refractivity contribution < 1.29 is 31.3 Å². The first kappa shape index (κ1) is 53.5. The molecular formula is C72H60F3N6O4P. The van der Waals surface area contributed by atoms with Crippen LogP contribution in [0.2, 0.25) is 0 Å². The molecule has 15 rings (SSSR count). The van der Waals surface area contributed by atoms with Crippen molar-refractivity contribution in [3.05, 3.63) is 218 Å². The van der Waals surface area contributed by atoms with Gasteiger partial charge >= 0.3 is 7.82 Å². The van der Waals surface area contributed by atoms with Crippen LogP contribution in [0.1, 0.15) is 95.2 Å². The van der Waals surface area contributed by atoms with E-state index in [-0.39, 0.29) is 52.8 Å². The summed E-state index contributed by atoms with van der Waals surface area (Å²) in [4.78, 5) is 0. The zero-order valence-electron chi connectivity index (χ0n) is 47.2. The number of hydrogen-bond acceptors (Lipinski definition) is 7. The lowest BCUT2D eigenvalue weighted by molar-refractivity contribution is 0.298. The molecule has 0 radical (unpaired) electrons. The van der Waals surface area contributed by atoms with Crippen LogP contribution >= 0.6 is 7.82 Å². The number of benzene rings is 9. The van der Waals surface area contributed by atoms with Crippen molar-refractivity contribution in [2.75, 3.05) is 0 Å². The topological polar surface area (TPSA) is 98.2 Å². The van der Waals surface area contributed by atoms with E-state index in [1.807, 2.05) is 141 Å². The SMILES string of the molecule is O=P(Oc1ccc(-c2ccc(-c3nn(C4CCCC4)c4c(F)cccc34)cc2)cc1)(Oc1ccc(-c2ccc(-c3nn(C4CCCC4)c4c(F)cccc34)cc2)cc1)Oc1ccc(-c2ccc(-c3nn(C4CCCC4)c4c(F)cccc34)cc2)cc1. The Morgan fingerprint density at radius 1 is 0.314 bits per heavy atom. The fourth-order valence-electron chi connectivity index (χ4n) is 13.4. The summed E-state index contributed by atoms with van der Waals surface area (Å²) < 4.78 is 85.7. The Bertz CT molecular complexity index is 4050. The summed E-state index contributed by atoms with van der Waals surface area (Å²) in [5.74, 6) is 0.00734. The van der Waals surface area contributed by atoms with Gasteiger partial charge in [-0.1, -0.05) is 184 Å². The van der Waals surface area contributed by atoms with E-state index < -0.39 is 7.82 Å². The molecule has 14 heteroatoms. The fourth-order valence-corrected chi connectivity index (χ4v) is 14.6. The van der Waals surface area contributed by atoms with Crippen molar-refractivity contribution in [3.8, 4) is 84.4 Å². The standard InChI is InChI=1S/C72H60F3N6O4P/c73-64-19-7-16-61-67(76-79(70(61)64)55-10-1-2-11-55)52-28-22-46(23-29-52)49-34-40-58(41-35-49)83-86(82,84-59-42-36-50(37-43-59)47-24-30-53(31-25-47)68-62-17-8-20-65(74)71(62)80(77-68)56-12-3-4-13-56)85-60-44-38-51(39-45-60)48-26-32-54(33-27-48)69-63-18-9-21-66(75)72(63)81(78-69)57-14-5-6-15-57/h7-9,16-45,55-57H,1-6,10-15H2. The molecule has 9 aromatic carbocycles. The third kappa shape index (κ3) is 10.1. The monoisotopic (exact) mass is 1160 g/mol. The molecule has 0 aliphatic heterocycles. The zero-order valence-corrected chi connectivity index (χ0v) is 48.1. The van der Waals surface area contributed by atoms with Gasteiger partial charge in [0.05, 0.1) is 18.1 Å². The maximum absolute atomic E-state index is 15.3. The summed E-state index contributed by atoms with van der Waals surface area (Å²) in [5.41, 5.74) is 12.1. The minimum atomic E-state index is -4.47. The van der Waals surface area contributed by atoms with Crippen molar-refractivity contribution in [1.82, 2.24) is 29.3 Å². The molecule has 3 fully saturated rings. The quantitative estimate of drug-likeness (QED) is 0.0943. The van der Waals surface area contributed by atoms with E-state index >= 15 is 17.7 Å². The van der Waals surface area contributed by atoms with Crippen molar-refractivity contribution in [2.45, 2.75) is 95.2 Å². The molecule has 3 aliphatic rings. The molecule has 3 aliphatic carbocycles. The second kappa shape index (κ2) is 22.3. The molecule has 0 spiro atoms. The average Bonchev–Trinajstić information content (AvgIpc) is 3.12. The lowest BCUT2D eigenvalue weighted by atomic mass is 10.0. The summed E-state index contributed by atoms with van der Waals surface area (Å²) in [5, 5.41) is 17.4. The fraction of sp³-hybridized carbons (Fsp3) is 0.208. The first-order chi connectivity index (χ1) is 42.2. The Hall–Kier alpha value is -9.19. The Labute approximate surface area is 496 Å². The first-order valence-electron chi connectivity index (χ1n) is 30.0. The molecule has 3 aromatic heterocycles. The van der Waals surface area contributed by atoms with Gasteiger partial charge in [-0.2, -0.15) is 19.9 Å². The van der Waals surface area contributed by atoms with Crippen molar-refractivity contribution in [1.29, 1.82) is 0 Å². The lowest BCUT2D eigenvalue weighted by Gasteiger charge is -2.20. The third-order valence-electron chi connectivity index (χ3n) is 17.7. The van der Waals surface area contributed by atoms with E-state index in [2.05, 4.69) is 0 Å². The van der Waals surface area contributed by atoms with E-state index in [1.54, 1.807) is 54.6 Å². The van der Waals surface area contributed by atoms with Crippen LogP contribution in [0.5, 0.6) is 17.2 Å². The second-order valence-electron chi connectivity index (χ2n) is 23.1. The molecule has 0 bridgehead atoms. The molecule has 0 unspecified atom stereocenters. The number of aromatic nitrogens is 6. The van der Waals surface area contributed by atoms with E-state index in [1.165, 1.54) is 18.2 Å². The molecular weight excluding hydrogens is 1100 g/mol. The molecule has 0 N–H and O–H groups in total. The predicted octanol–water partition coefficient (Wildman–Crippen LogP) is 20.1. The van der Waals surface area contributed by atoms with Crippen LogP contribution in [0.4, 0.5) is 13.2 Å². The smallest absolute Gasteiger partial charge is 0.386 e. The summed E-state index contributed by atoms with van der Waals surface area (Å²) in [7, 11) is -4.47. The van der Waals surface area contributed by atoms with Gasteiger partial charge in [0.25, 0.3) is 0 Å². The number of para-hydroxylation sites is 3. The van der Waals surface area contributed by atoms with Crippen LogP contribution < -0.4 is 13.6 Å². The highest BCUT2D eigenvalue weighted by Gasteiger charge is 2.34. The highest BCUT2D eigenvalue weighted by Crippen LogP contribution is 2.51. The highest BCUT2D eigenvalue weighted by molar-refractivity contribution is 7.49. The van der Waals surface area contributed by atoms with Gasteiger partial charge in [-0.15, -0.1) is 0 Å². The normalized spacial score (nSPS) is 15.2. The Balaban J connectivity index is 0.688. The van der Waals surface area contributed by atoms with Gasteiger partial charge < -0.3 is 13.6 Å². The van der Waals surface area contributed by atoms with Crippen molar-refractivity contribution >= 4 is 40.5 Å². The van der Waals surface area contributed by atoms with Crippen LogP contribution in [0.25, 0.3) is 99.9 Å². The number of phosphoric ester groups is 1. The molecule has 3 saturated carbocycles. The zero-order chi connectivity index (χ0) is 57.9. The van der Waals surface area contributed by atoms with Gasteiger partial charge in [0.2, 0.25) is 0 Å². The van der Waals surface area contributed by atoms with Gasteiger partial charge in [-0.05, 0) is 127 Å². The van der Waals surface area contributed by atoms with Gasteiger partial charge in [0.1, 0.15) is 68.3 Å². The van der Waals surface area contributed by atoms with Crippen molar-refractivity contribution in [3.63, 3.8) is 0 Å². The molecule has 428 valence electrons. The van der Waals surface area contributed by atoms with Gasteiger partial charge in [0, 0.05) is 32.8 Å². The maximum atomic E-state index is 15.3. The number of halogens is 3. The third-order valence-corrected chi connectivity index (χ3v) is 19.0. The van der Waals surface area contributed by atoms with Crippen LogP contribution in [0, 0.1) is 17.5 Å². The Morgan fingerprint density at radius 2 is 0.535 bits per heavy atom. The van der Waals surface area contributed by atoms with Gasteiger partial charge in [0.15, 0.2) is 0 Å². The summed E-state index contributed by atoms with van der Waals surface area (Å²) >= 11 is 0. The minimum Gasteiger partial charge on any atom is -0.386 e. The summed E-state index contributed by atoms with van der Waals surface area (Å²) in [6.07, 6.45) is 12.6. The number of nitrogens with zero attached hydrogens (tertiary/aromatic N) is 6. The second-order valence-corrected chi connectivity index (χ2v) is 24.6. The van der Waals surface area contributed by atoms with Crippen LogP contribution in [0.15, 0.2) is 200 Å². The molecule has 0 amide bonds. The summed E-state index contributed by atoms with van der Waals surface area (Å²) in [6, 6.07) is 62.0. The van der Waals surface area contributed by atoms with E-state index in [0.29, 0.717) is 16.6 Å². The van der Waals surface area contributed by atoms with Crippen LogP contribution in [-0.4, -0.2) is 29.3 Å². The first-order valence-corrected chi connectivity index (χ1v) is 31.4. The molecule has 0 saturated heterocycles. The lowest BCUT2D eigenvalue weighted by Crippen LogP contribution is -2.07. The Kier molecular flexibility index (Phi) is 13.9. The van der Waals surface area contributed by atoms with E-state index in [4.69, 9.17) is 28.9 Å². The molecule has 86 heavy (non-hydrogen) atoms. The number of fused-ring (bicyclic) bond motifs is 3. The number of hydrogen-bond donors (Lipinski definition) is 0. The van der Waals surface area contributed by atoms with Crippen LogP contribution in [0.3, 0.4) is 0 Å². The van der Waals surface area contributed by atoms with Gasteiger partial charge in [-0.25, -0.2) is 13.2 Å². The largest absolute Gasteiger partial charge is 0.647 e. The van der Waals surface area contributed by atoms with E-state index in [0.717, 1.165) is 160 Å².